The quantitative estimate of drug-likeness (QED) is 0.274. The number of hydrogen-bond acceptors (Lipinski definition) is 4. The zero-order valence-electron chi connectivity index (χ0n) is 20.7. The van der Waals surface area contributed by atoms with Crippen LogP contribution in [0.1, 0.15) is 54.4 Å². The molecule has 1 unspecified atom stereocenters. The zero-order chi connectivity index (χ0) is 24.6. The van der Waals surface area contributed by atoms with Gasteiger partial charge in [0.1, 0.15) is 17.3 Å². The van der Waals surface area contributed by atoms with Gasteiger partial charge in [-0.1, -0.05) is 38.1 Å². The number of imidazole rings is 1. The van der Waals surface area contributed by atoms with E-state index in [1.54, 1.807) is 31.4 Å². The van der Waals surface area contributed by atoms with E-state index in [-0.39, 0.29) is 5.91 Å². The van der Waals surface area contributed by atoms with Crippen LogP contribution < -0.4 is 14.8 Å². The molecule has 1 aromatic heterocycles. The van der Waals surface area contributed by atoms with Gasteiger partial charge in [-0.05, 0) is 72.9 Å². The number of aryl methyl sites for hydroxylation is 1. The van der Waals surface area contributed by atoms with Crippen molar-refractivity contribution >= 4 is 16.9 Å². The van der Waals surface area contributed by atoms with Gasteiger partial charge in [0.25, 0.3) is 5.91 Å². The molecule has 182 valence electrons. The second kappa shape index (κ2) is 11.6. The van der Waals surface area contributed by atoms with Gasteiger partial charge in [-0.3, -0.25) is 4.79 Å². The van der Waals surface area contributed by atoms with Crippen LogP contribution in [-0.2, 0) is 13.1 Å². The number of rotatable bonds is 11. The maximum absolute atomic E-state index is 12.6. The number of carbonyl (C=O) groups excluding carboxylic acids is 1. The monoisotopic (exact) mass is 471 g/mol. The fourth-order valence-corrected chi connectivity index (χ4v) is 4.05. The van der Waals surface area contributed by atoms with Crippen molar-refractivity contribution in [3.8, 4) is 11.5 Å². The third-order valence-corrected chi connectivity index (χ3v) is 6.35. The van der Waals surface area contributed by atoms with E-state index >= 15 is 0 Å². The van der Waals surface area contributed by atoms with Crippen LogP contribution >= 0.6 is 0 Å². The summed E-state index contributed by atoms with van der Waals surface area (Å²) >= 11 is 0. The minimum atomic E-state index is -0.143. The molecule has 1 heterocycles. The Kier molecular flexibility index (Phi) is 8.03. The fourth-order valence-electron chi connectivity index (χ4n) is 4.05. The number of nitrogens with one attached hydrogen (secondary N) is 1. The van der Waals surface area contributed by atoms with Crippen molar-refractivity contribution in [2.24, 2.45) is 0 Å². The standard InChI is InChI=1S/C29H33N3O3/c1-4-21(2)22-10-16-25(17-11-22)35-19-7-18-32-27-9-6-5-8-26(27)31-28(32)20-30-29(33)23-12-14-24(34-3)15-13-23/h5-6,8-17,21H,4,7,18-20H2,1-3H3,(H,30,33). The maximum Gasteiger partial charge on any atom is 0.251 e. The average Bonchev–Trinajstić information content (AvgIpc) is 3.27. The van der Waals surface area contributed by atoms with Crippen molar-refractivity contribution in [3.63, 3.8) is 0 Å². The van der Waals surface area contributed by atoms with Gasteiger partial charge in [-0.15, -0.1) is 0 Å². The number of hydrogen-bond donors (Lipinski definition) is 1. The van der Waals surface area contributed by atoms with Gasteiger partial charge < -0.3 is 19.4 Å². The molecule has 0 aliphatic rings. The minimum absolute atomic E-state index is 0.143. The molecule has 6 heteroatoms. The van der Waals surface area contributed by atoms with Crippen LogP contribution in [0.4, 0.5) is 0 Å². The largest absolute Gasteiger partial charge is 0.497 e. The van der Waals surface area contributed by atoms with E-state index in [9.17, 15) is 4.79 Å². The predicted molar refractivity (Wildman–Crippen MR) is 139 cm³/mol. The van der Waals surface area contributed by atoms with Crippen LogP contribution in [0.3, 0.4) is 0 Å². The third-order valence-electron chi connectivity index (χ3n) is 6.35. The van der Waals surface area contributed by atoms with E-state index in [1.165, 1.54) is 5.56 Å². The van der Waals surface area contributed by atoms with E-state index in [2.05, 4.69) is 41.9 Å². The van der Waals surface area contributed by atoms with E-state index in [1.807, 2.05) is 30.3 Å². The lowest BCUT2D eigenvalue weighted by Crippen LogP contribution is -2.25. The Morgan fingerprint density at radius 3 is 2.43 bits per heavy atom. The lowest BCUT2D eigenvalue weighted by Gasteiger charge is -2.12. The molecule has 0 bridgehead atoms. The van der Waals surface area contributed by atoms with Crippen molar-refractivity contribution in [1.29, 1.82) is 0 Å². The number of benzene rings is 3. The first kappa shape index (κ1) is 24.3. The van der Waals surface area contributed by atoms with E-state index < -0.39 is 0 Å². The molecule has 0 radical (unpaired) electrons. The summed E-state index contributed by atoms with van der Waals surface area (Å²) in [4.78, 5) is 17.4. The van der Waals surface area contributed by atoms with Crippen molar-refractivity contribution in [2.45, 2.75) is 45.7 Å². The first-order valence-electron chi connectivity index (χ1n) is 12.2. The zero-order valence-corrected chi connectivity index (χ0v) is 20.7. The van der Waals surface area contributed by atoms with Gasteiger partial charge in [0.15, 0.2) is 0 Å². The van der Waals surface area contributed by atoms with Crippen LogP contribution in [-0.4, -0.2) is 29.2 Å². The molecular weight excluding hydrogens is 438 g/mol. The highest BCUT2D eigenvalue weighted by Crippen LogP contribution is 2.22. The Balaban J connectivity index is 1.37. The van der Waals surface area contributed by atoms with E-state index in [0.717, 1.165) is 47.7 Å². The molecule has 6 nitrogen and oxygen atoms in total. The molecule has 0 saturated carbocycles. The molecule has 3 aromatic carbocycles. The van der Waals surface area contributed by atoms with Crippen LogP contribution in [0, 0.1) is 0 Å². The summed E-state index contributed by atoms with van der Waals surface area (Å²) in [6.07, 6.45) is 1.95. The molecule has 0 aliphatic carbocycles. The topological polar surface area (TPSA) is 65.4 Å². The molecule has 4 aromatic rings. The van der Waals surface area contributed by atoms with Crippen LogP contribution in [0.25, 0.3) is 11.0 Å². The molecule has 0 spiro atoms. The lowest BCUT2D eigenvalue weighted by molar-refractivity contribution is 0.0949. The number of carbonyl (C=O) groups is 1. The smallest absolute Gasteiger partial charge is 0.251 e. The summed E-state index contributed by atoms with van der Waals surface area (Å²) in [5.41, 5.74) is 3.90. The first-order valence-corrected chi connectivity index (χ1v) is 12.2. The van der Waals surface area contributed by atoms with Gasteiger partial charge in [-0.2, -0.15) is 0 Å². The molecule has 0 fully saturated rings. The SMILES string of the molecule is CCC(C)c1ccc(OCCCn2c(CNC(=O)c3ccc(OC)cc3)nc3ccccc32)cc1. The van der Waals surface area contributed by atoms with Crippen LogP contribution in [0.5, 0.6) is 11.5 Å². The number of para-hydroxylation sites is 2. The summed E-state index contributed by atoms with van der Waals surface area (Å²) in [6.45, 7) is 6.14. The number of amides is 1. The van der Waals surface area contributed by atoms with Crippen molar-refractivity contribution in [3.05, 3.63) is 89.7 Å². The normalized spacial score (nSPS) is 11.9. The molecule has 1 N–H and O–H groups in total. The maximum atomic E-state index is 12.6. The number of ether oxygens (including phenoxy) is 2. The third kappa shape index (κ3) is 6.01. The number of fused-ring (bicyclic) bond motifs is 1. The molecule has 0 saturated heterocycles. The fraction of sp³-hybridized carbons (Fsp3) is 0.310. The van der Waals surface area contributed by atoms with Gasteiger partial charge in [-0.25, -0.2) is 4.98 Å². The highest BCUT2D eigenvalue weighted by atomic mass is 16.5. The van der Waals surface area contributed by atoms with E-state index in [0.29, 0.717) is 24.6 Å². The first-order chi connectivity index (χ1) is 17.1. The highest BCUT2D eigenvalue weighted by Gasteiger charge is 2.13. The predicted octanol–water partition coefficient (Wildman–Crippen LogP) is 5.96. The number of aromatic nitrogens is 2. The molecule has 35 heavy (non-hydrogen) atoms. The highest BCUT2D eigenvalue weighted by molar-refractivity contribution is 5.94. The molecule has 0 aliphatic heterocycles. The molecular formula is C29H33N3O3. The second-order valence-electron chi connectivity index (χ2n) is 8.66. The van der Waals surface area contributed by atoms with Crippen molar-refractivity contribution in [1.82, 2.24) is 14.9 Å². The van der Waals surface area contributed by atoms with E-state index in [4.69, 9.17) is 14.5 Å². The summed E-state index contributed by atoms with van der Waals surface area (Å²) in [5, 5.41) is 3.00. The summed E-state index contributed by atoms with van der Waals surface area (Å²) in [6, 6.07) is 23.5. The number of nitrogens with zero attached hydrogens (tertiary/aromatic N) is 2. The molecule has 1 amide bonds. The number of methoxy groups -OCH3 is 1. The summed E-state index contributed by atoms with van der Waals surface area (Å²) in [5.74, 6) is 2.85. The summed E-state index contributed by atoms with van der Waals surface area (Å²) in [7, 11) is 1.61. The Bertz CT molecular complexity index is 1250. The second-order valence-corrected chi connectivity index (χ2v) is 8.66. The van der Waals surface area contributed by atoms with Gasteiger partial charge >= 0.3 is 0 Å². The van der Waals surface area contributed by atoms with Gasteiger partial charge in [0.05, 0.1) is 31.3 Å². The summed E-state index contributed by atoms with van der Waals surface area (Å²) < 4.78 is 13.3. The molecule has 1 atom stereocenters. The van der Waals surface area contributed by atoms with Gasteiger partial charge in [0.2, 0.25) is 0 Å². The lowest BCUT2D eigenvalue weighted by atomic mass is 9.99. The Labute approximate surface area is 206 Å². The Hall–Kier alpha value is -3.80. The minimum Gasteiger partial charge on any atom is -0.497 e. The van der Waals surface area contributed by atoms with Crippen LogP contribution in [0.2, 0.25) is 0 Å². The van der Waals surface area contributed by atoms with Crippen LogP contribution in [0.15, 0.2) is 72.8 Å². The molecule has 4 rings (SSSR count). The Morgan fingerprint density at radius 1 is 1.00 bits per heavy atom. The average molecular weight is 472 g/mol. The van der Waals surface area contributed by atoms with Crippen molar-refractivity contribution < 1.29 is 14.3 Å². The Morgan fingerprint density at radius 2 is 1.71 bits per heavy atom. The van der Waals surface area contributed by atoms with Gasteiger partial charge in [0, 0.05) is 12.1 Å². The van der Waals surface area contributed by atoms with Crippen molar-refractivity contribution in [2.75, 3.05) is 13.7 Å².